The normalized spacial score (nSPS) is 12.1. The first-order chi connectivity index (χ1) is 14.9. The third-order valence-electron chi connectivity index (χ3n) is 4.00. The Hall–Kier alpha value is -3.34. The molecule has 2 aromatic rings. The molecule has 0 heterocycles. The molecule has 0 N–H and O–H groups in total. The first-order valence-electron chi connectivity index (χ1n) is 9.10. The van der Waals surface area contributed by atoms with Gasteiger partial charge in [-0.3, -0.25) is 14.9 Å². The van der Waals surface area contributed by atoms with Crippen LogP contribution in [0.4, 0.5) is 18.9 Å². The molecule has 0 saturated carbocycles. The van der Waals surface area contributed by atoms with Crippen LogP contribution in [-0.4, -0.2) is 29.6 Å². The van der Waals surface area contributed by atoms with Crippen LogP contribution in [0.25, 0.3) is 0 Å². The van der Waals surface area contributed by atoms with E-state index in [1.807, 2.05) is 0 Å². The third-order valence-corrected chi connectivity index (χ3v) is 4.29. The van der Waals surface area contributed by atoms with E-state index >= 15 is 0 Å². The van der Waals surface area contributed by atoms with Crippen molar-refractivity contribution in [3.63, 3.8) is 0 Å². The highest BCUT2D eigenvalue weighted by Crippen LogP contribution is 2.37. The zero-order valence-electron chi connectivity index (χ0n) is 16.8. The number of carbonyl (C=O) groups excluding carboxylic acids is 2. The minimum Gasteiger partial charge on any atom is -0.463 e. The molecule has 0 bridgehead atoms. The number of ether oxygens (including phenoxy) is 3. The monoisotopic (exact) mass is 475 g/mol. The van der Waals surface area contributed by atoms with Crippen molar-refractivity contribution in [1.82, 2.24) is 0 Å². The summed E-state index contributed by atoms with van der Waals surface area (Å²) in [6.45, 7) is 2.94. The van der Waals surface area contributed by atoms with Gasteiger partial charge in [0.25, 0.3) is 5.69 Å². The van der Waals surface area contributed by atoms with E-state index in [-0.39, 0.29) is 28.7 Å². The molecular formula is C20H17ClF3NO7. The molecular weight excluding hydrogens is 459 g/mol. The summed E-state index contributed by atoms with van der Waals surface area (Å²) in [6, 6.07) is 5.86. The van der Waals surface area contributed by atoms with E-state index in [0.717, 1.165) is 24.3 Å². The van der Waals surface area contributed by atoms with Crippen LogP contribution in [0.15, 0.2) is 36.4 Å². The van der Waals surface area contributed by atoms with Gasteiger partial charge in [-0.25, -0.2) is 4.79 Å². The maximum atomic E-state index is 12.8. The number of carbonyl (C=O) groups is 2. The van der Waals surface area contributed by atoms with Crippen molar-refractivity contribution in [3.05, 3.63) is 62.7 Å². The average Bonchev–Trinajstić information content (AvgIpc) is 2.68. The molecule has 0 saturated heterocycles. The fraction of sp³-hybridized carbons (Fsp3) is 0.300. The summed E-state index contributed by atoms with van der Waals surface area (Å²) in [5, 5.41) is 11.0. The number of nitrogens with zero attached hydrogens (tertiary/aromatic N) is 1. The largest absolute Gasteiger partial charge is 0.463 e. The highest BCUT2D eigenvalue weighted by molar-refractivity contribution is 6.32. The van der Waals surface area contributed by atoms with Gasteiger partial charge < -0.3 is 14.2 Å². The lowest BCUT2D eigenvalue weighted by Gasteiger charge is -2.13. The van der Waals surface area contributed by atoms with Crippen molar-refractivity contribution in [2.24, 2.45) is 0 Å². The molecule has 2 rings (SSSR count). The molecule has 0 amide bonds. The fourth-order valence-electron chi connectivity index (χ4n) is 2.53. The van der Waals surface area contributed by atoms with Crippen molar-refractivity contribution >= 4 is 29.2 Å². The van der Waals surface area contributed by atoms with E-state index in [2.05, 4.69) is 0 Å². The SMILES string of the molecule is CCOC(=O)C(C)OC(=O)Cc1cc(Oc2ccc(C(F)(F)F)cc2Cl)ccc1[N+](=O)[O-]. The average molecular weight is 476 g/mol. The summed E-state index contributed by atoms with van der Waals surface area (Å²) in [4.78, 5) is 34.3. The summed E-state index contributed by atoms with van der Waals surface area (Å²) < 4.78 is 53.4. The number of esters is 2. The van der Waals surface area contributed by atoms with Crippen molar-refractivity contribution < 1.29 is 41.9 Å². The lowest BCUT2D eigenvalue weighted by molar-refractivity contribution is -0.385. The van der Waals surface area contributed by atoms with Crippen LogP contribution >= 0.6 is 11.6 Å². The molecule has 8 nitrogen and oxygen atoms in total. The molecule has 1 unspecified atom stereocenters. The third kappa shape index (κ3) is 6.58. The minimum absolute atomic E-state index is 0.0153. The van der Waals surface area contributed by atoms with Gasteiger partial charge in [0.1, 0.15) is 11.5 Å². The van der Waals surface area contributed by atoms with Gasteiger partial charge in [0.15, 0.2) is 6.10 Å². The zero-order chi connectivity index (χ0) is 24.1. The van der Waals surface area contributed by atoms with Gasteiger partial charge in [-0.1, -0.05) is 11.6 Å². The molecule has 2 aromatic carbocycles. The Balaban J connectivity index is 2.23. The van der Waals surface area contributed by atoms with E-state index in [1.165, 1.54) is 13.0 Å². The van der Waals surface area contributed by atoms with Crippen LogP contribution in [0.1, 0.15) is 25.0 Å². The maximum absolute atomic E-state index is 12.8. The Labute approximate surface area is 185 Å². The van der Waals surface area contributed by atoms with Crippen LogP contribution in [0.5, 0.6) is 11.5 Å². The molecule has 0 fully saturated rings. The number of hydrogen-bond donors (Lipinski definition) is 0. The van der Waals surface area contributed by atoms with E-state index in [9.17, 15) is 32.9 Å². The number of alkyl halides is 3. The van der Waals surface area contributed by atoms with Gasteiger partial charge in [0, 0.05) is 11.6 Å². The highest BCUT2D eigenvalue weighted by Gasteiger charge is 2.31. The smallest absolute Gasteiger partial charge is 0.416 e. The summed E-state index contributed by atoms with van der Waals surface area (Å²) in [7, 11) is 0. The first-order valence-corrected chi connectivity index (χ1v) is 9.48. The van der Waals surface area contributed by atoms with Crippen molar-refractivity contribution in [2.45, 2.75) is 32.5 Å². The zero-order valence-corrected chi connectivity index (χ0v) is 17.5. The Bertz CT molecular complexity index is 1030. The summed E-state index contributed by atoms with van der Waals surface area (Å²) in [5.41, 5.74) is -1.49. The molecule has 0 aliphatic rings. The Morgan fingerprint density at radius 3 is 2.44 bits per heavy atom. The Morgan fingerprint density at radius 1 is 1.19 bits per heavy atom. The second-order valence-electron chi connectivity index (χ2n) is 6.35. The lowest BCUT2D eigenvalue weighted by Crippen LogP contribution is -2.27. The lowest BCUT2D eigenvalue weighted by atomic mass is 10.1. The van der Waals surface area contributed by atoms with Gasteiger partial charge >= 0.3 is 18.1 Å². The molecule has 12 heteroatoms. The number of hydrogen-bond acceptors (Lipinski definition) is 7. The number of nitro groups is 1. The Kier molecular flexibility index (Phi) is 8.03. The molecule has 1 atom stereocenters. The predicted molar refractivity (Wildman–Crippen MR) is 106 cm³/mol. The van der Waals surface area contributed by atoms with Gasteiger partial charge in [-0.2, -0.15) is 13.2 Å². The number of halogens is 4. The van der Waals surface area contributed by atoms with E-state index in [0.29, 0.717) is 6.07 Å². The standard InChI is InChI=1S/C20H17ClF3NO7/c1-3-30-19(27)11(2)31-18(26)9-12-8-14(5-6-16(12)25(28)29)32-17-7-4-13(10-15(17)21)20(22,23)24/h4-8,10-11H,3,9H2,1-2H3. The van der Waals surface area contributed by atoms with E-state index in [4.69, 9.17) is 25.8 Å². The van der Waals surface area contributed by atoms with Crippen molar-refractivity contribution in [2.75, 3.05) is 6.61 Å². The highest BCUT2D eigenvalue weighted by atomic mass is 35.5. The molecule has 0 aromatic heterocycles. The summed E-state index contributed by atoms with van der Waals surface area (Å²) in [5.74, 6) is -1.85. The minimum atomic E-state index is -4.59. The van der Waals surface area contributed by atoms with Gasteiger partial charge in [0.2, 0.25) is 0 Å². The topological polar surface area (TPSA) is 105 Å². The number of rotatable bonds is 8. The Morgan fingerprint density at radius 2 is 1.88 bits per heavy atom. The van der Waals surface area contributed by atoms with E-state index < -0.39 is 46.8 Å². The summed E-state index contributed by atoms with van der Waals surface area (Å²) in [6.07, 6.45) is -6.38. The second kappa shape index (κ2) is 10.3. The fourth-order valence-corrected chi connectivity index (χ4v) is 2.75. The number of nitro benzene ring substituents is 1. The number of benzene rings is 2. The molecule has 0 spiro atoms. The maximum Gasteiger partial charge on any atom is 0.416 e. The van der Waals surface area contributed by atoms with Crippen LogP contribution in [0, 0.1) is 10.1 Å². The molecule has 0 aliphatic carbocycles. The molecule has 0 aliphatic heterocycles. The van der Waals surface area contributed by atoms with Crippen molar-refractivity contribution in [1.29, 1.82) is 0 Å². The van der Waals surface area contributed by atoms with Gasteiger partial charge in [0.05, 0.1) is 28.5 Å². The second-order valence-corrected chi connectivity index (χ2v) is 6.76. The van der Waals surface area contributed by atoms with Crippen LogP contribution < -0.4 is 4.74 Å². The van der Waals surface area contributed by atoms with Gasteiger partial charge in [-0.05, 0) is 44.2 Å². The molecule has 32 heavy (non-hydrogen) atoms. The summed E-state index contributed by atoms with van der Waals surface area (Å²) >= 11 is 5.85. The van der Waals surface area contributed by atoms with Gasteiger partial charge in [-0.15, -0.1) is 0 Å². The first kappa shape index (κ1) is 24.9. The van der Waals surface area contributed by atoms with Crippen LogP contribution in [0.2, 0.25) is 5.02 Å². The quantitative estimate of drug-likeness (QED) is 0.297. The molecule has 172 valence electrons. The van der Waals surface area contributed by atoms with Crippen LogP contribution in [-0.2, 0) is 31.7 Å². The van der Waals surface area contributed by atoms with E-state index in [1.54, 1.807) is 6.92 Å². The predicted octanol–water partition coefficient (Wildman–Crippen LogP) is 5.10. The van der Waals surface area contributed by atoms with Crippen molar-refractivity contribution in [3.8, 4) is 11.5 Å². The van der Waals surface area contributed by atoms with Crippen LogP contribution in [0.3, 0.4) is 0 Å². The molecule has 0 radical (unpaired) electrons.